The summed E-state index contributed by atoms with van der Waals surface area (Å²) in [7, 11) is 5.06. The van der Waals surface area contributed by atoms with Crippen molar-refractivity contribution in [2.45, 2.75) is 44.2 Å². The molecule has 5 N–H and O–H groups in total. The normalized spacial score (nSPS) is 20.3. The fraction of sp³-hybridized carbons (Fsp3) is 0.667. The predicted molar refractivity (Wildman–Crippen MR) is 137 cm³/mol. The van der Waals surface area contributed by atoms with Gasteiger partial charge in [-0.15, -0.1) is 0 Å². The van der Waals surface area contributed by atoms with Gasteiger partial charge in [-0.05, 0) is 44.7 Å². The minimum atomic E-state index is -0.259. The summed E-state index contributed by atoms with van der Waals surface area (Å²) >= 11 is 6.12. The molecule has 0 radical (unpaired) electrons. The van der Waals surface area contributed by atoms with E-state index < -0.39 is 0 Å². The van der Waals surface area contributed by atoms with Crippen LogP contribution in [0.15, 0.2) is 12.1 Å². The van der Waals surface area contributed by atoms with Crippen molar-refractivity contribution in [2.24, 2.45) is 0 Å². The van der Waals surface area contributed by atoms with Crippen molar-refractivity contribution in [3.63, 3.8) is 0 Å². The van der Waals surface area contributed by atoms with Gasteiger partial charge in [0.15, 0.2) is 0 Å². The van der Waals surface area contributed by atoms with E-state index in [9.17, 15) is 9.59 Å². The third kappa shape index (κ3) is 7.60. The van der Waals surface area contributed by atoms with Crippen molar-refractivity contribution < 1.29 is 24.5 Å². The van der Waals surface area contributed by atoms with Crippen molar-refractivity contribution >= 4 is 29.2 Å². The Morgan fingerprint density at radius 3 is 2.57 bits per heavy atom. The van der Waals surface area contributed by atoms with Gasteiger partial charge in [-0.1, -0.05) is 11.6 Å². The van der Waals surface area contributed by atoms with Crippen LogP contribution in [0.2, 0.25) is 5.02 Å². The highest BCUT2D eigenvalue weighted by Crippen LogP contribution is 2.29. The first-order valence-corrected chi connectivity index (χ1v) is 12.4. The van der Waals surface area contributed by atoms with E-state index in [0.717, 1.165) is 71.4 Å². The number of urea groups is 1. The lowest BCUT2D eigenvalue weighted by atomic mass is 10.0. The van der Waals surface area contributed by atoms with Gasteiger partial charge in [0.25, 0.3) is 5.91 Å². The SMILES string of the molecule is COc1cc(N)c(Cl)cc1C(=O)N[C@@H]1CCN(CCCCN(C)C(=O)N2CCCC2)C[C@@H]1OC.O. The molecular weight excluding hydrogens is 474 g/mol. The van der Waals surface area contributed by atoms with Crippen LogP contribution in [-0.4, -0.2) is 105 Å². The van der Waals surface area contributed by atoms with Gasteiger partial charge >= 0.3 is 6.03 Å². The van der Waals surface area contributed by atoms with Gasteiger partial charge in [-0.3, -0.25) is 4.79 Å². The van der Waals surface area contributed by atoms with Crippen LogP contribution in [-0.2, 0) is 4.74 Å². The zero-order chi connectivity index (χ0) is 24.7. The summed E-state index contributed by atoms with van der Waals surface area (Å²) in [5, 5.41) is 3.40. The number of methoxy groups -OCH3 is 2. The fourth-order valence-electron chi connectivity index (χ4n) is 4.68. The Balaban J connectivity index is 0.00000432. The van der Waals surface area contributed by atoms with Crippen molar-refractivity contribution in [2.75, 3.05) is 66.3 Å². The number of hydrogen-bond acceptors (Lipinski definition) is 6. The smallest absolute Gasteiger partial charge is 0.319 e. The maximum Gasteiger partial charge on any atom is 0.319 e. The largest absolute Gasteiger partial charge is 0.496 e. The van der Waals surface area contributed by atoms with E-state index in [1.807, 2.05) is 16.8 Å². The van der Waals surface area contributed by atoms with Crippen molar-refractivity contribution in [1.82, 2.24) is 20.0 Å². The lowest BCUT2D eigenvalue weighted by Gasteiger charge is -2.38. The van der Waals surface area contributed by atoms with Gasteiger partial charge in [0.05, 0.1) is 35.5 Å². The molecule has 11 heteroatoms. The van der Waals surface area contributed by atoms with E-state index in [1.165, 1.54) is 13.2 Å². The lowest BCUT2D eigenvalue weighted by molar-refractivity contribution is 0.00590. The highest BCUT2D eigenvalue weighted by atomic mass is 35.5. The molecule has 2 atom stereocenters. The molecule has 2 aliphatic rings. The number of nitrogens with zero attached hydrogens (tertiary/aromatic N) is 3. The number of nitrogens with two attached hydrogens (primary N) is 1. The molecule has 3 rings (SSSR count). The molecule has 0 saturated carbocycles. The van der Waals surface area contributed by atoms with Crippen LogP contribution in [0.3, 0.4) is 0 Å². The van der Waals surface area contributed by atoms with Crippen LogP contribution in [0, 0.1) is 0 Å². The quantitative estimate of drug-likeness (QED) is 0.382. The number of likely N-dealkylation sites (tertiary alicyclic amines) is 2. The third-order valence-corrected chi connectivity index (χ3v) is 7.07. The molecule has 3 amide bonds. The second-order valence-corrected chi connectivity index (χ2v) is 9.53. The number of amides is 3. The molecule has 0 bridgehead atoms. The highest BCUT2D eigenvalue weighted by molar-refractivity contribution is 6.33. The molecule has 0 aliphatic carbocycles. The Bertz CT molecular complexity index is 852. The minimum absolute atomic E-state index is 0. The van der Waals surface area contributed by atoms with Gasteiger partial charge in [-0.25, -0.2) is 4.79 Å². The van der Waals surface area contributed by atoms with Gasteiger partial charge < -0.3 is 40.7 Å². The number of carbonyl (C=O) groups excluding carboxylic acids is 2. The number of benzene rings is 1. The number of hydrogen-bond donors (Lipinski definition) is 2. The molecule has 0 spiro atoms. The zero-order valence-electron chi connectivity index (χ0n) is 21.0. The molecule has 1 aromatic rings. The topological polar surface area (TPSA) is 132 Å². The zero-order valence-corrected chi connectivity index (χ0v) is 21.8. The molecule has 2 heterocycles. The molecule has 10 nitrogen and oxygen atoms in total. The van der Waals surface area contributed by atoms with E-state index in [4.69, 9.17) is 26.8 Å². The average Bonchev–Trinajstić information content (AvgIpc) is 3.38. The molecule has 198 valence electrons. The number of carbonyl (C=O) groups is 2. The first kappa shape index (κ1) is 29.0. The number of anilines is 1. The van der Waals surface area contributed by atoms with Crippen LogP contribution in [0.5, 0.6) is 5.75 Å². The van der Waals surface area contributed by atoms with Gasteiger partial charge in [0.1, 0.15) is 5.75 Å². The van der Waals surface area contributed by atoms with E-state index in [2.05, 4.69) is 10.2 Å². The average molecular weight is 514 g/mol. The van der Waals surface area contributed by atoms with Crippen LogP contribution < -0.4 is 15.8 Å². The fourth-order valence-corrected chi connectivity index (χ4v) is 4.84. The standard InChI is InChI=1S/C24H38ClN5O4.H2O/c1-28(24(32)30-11-6-7-12-30)9-4-5-10-29-13-8-20(22(16-29)34-3)27-23(31)17-14-18(25)19(26)15-21(17)33-2;/h14-15,20,22H,4-13,16,26H2,1-3H3,(H,27,31);1H2/t20-,22+;/m1./s1. The molecule has 0 unspecified atom stereocenters. The van der Waals surface area contributed by atoms with Crippen molar-refractivity contribution in [1.29, 1.82) is 0 Å². The number of halogens is 1. The maximum absolute atomic E-state index is 12.9. The third-order valence-electron chi connectivity index (χ3n) is 6.75. The Morgan fingerprint density at radius 2 is 1.91 bits per heavy atom. The first-order valence-electron chi connectivity index (χ1n) is 12.0. The van der Waals surface area contributed by atoms with Crippen molar-refractivity contribution in [3.8, 4) is 5.75 Å². The molecule has 35 heavy (non-hydrogen) atoms. The Morgan fingerprint density at radius 1 is 1.20 bits per heavy atom. The summed E-state index contributed by atoms with van der Waals surface area (Å²) in [5.74, 6) is 0.129. The van der Waals surface area contributed by atoms with Gasteiger partial charge in [-0.2, -0.15) is 0 Å². The summed E-state index contributed by atoms with van der Waals surface area (Å²) in [4.78, 5) is 31.5. The number of nitrogens with one attached hydrogen (secondary N) is 1. The van der Waals surface area contributed by atoms with Crippen LogP contribution in [0.1, 0.15) is 42.5 Å². The van der Waals surface area contributed by atoms with Gasteiger partial charge in [0.2, 0.25) is 0 Å². The molecule has 1 aromatic carbocycles. The summed E-state index contributed by atoms with van der Waals surface area (Å²) in [5.41, 5.74) is 6.55. The van der Waals surface area contributed by atoms with Crippen LogP contribution in [0.4, 0.5) is 10.5 Å². The monoisotopic (exact) mass is 513 g/mol. The minimum Gasteiger partial charge on any atom is -0.496 e. The molecular formula is C24H40ClN5O5. The van der Waals surface area contributed by atoms with Crippen molar-refractivity contribution in [3.05, 3.63) is 22.7 Å². The van der Waals surface area contributed by atoms with Crippen LogP contribution >= 0.6 is 11.6 Å². The number of ether oxygens (including phenoxy) is 2. The number of nitrogen functional groups attached to an aromatic ring is 1. The summed E-state index contributed by atoms with van der Waals surface area (Å²) in [6, 6.07) is 3.13. The van der Waals surface area contributed by atoms with Crippen LogP contribution in [0.25, 0.3) is 0 Å². The molecule has 2 aliphatic heterocycles. The van der Waals surface area contributed by atoms with E-state index in [-0.39, 0.29) is 29.6 Å². The molecule has 2 saturated heterocycles. The number of unbranched alkanes of at least 4 members (excludes halogenated alkanes) is 1. The molecule has 0 aromatic heterocycles. The number of rotatable bonds is 9. The maximum atomic E-state index is 12.9. The van der Waals surface area contributed by atoms with E-state index in [1.54, 1.807) is 13.2 Å². The Kier molecular flexibility index (Phi) is 11.4. The van der Waals surface area contributed by atoms with E-state index in [0.29, 0.717) is 22.0 Å². The Labute approximate surface area is 212 Å². The molecule has 2 fully saturated rings. The second-order valence-electron chi connectivity index (χ2n) is 9.12. The predicted octanol–water partition coefficient (Wildman–Crippen LogP) is 1.85. The Hall–Kier alpha value is -2.27. The summed E-state index contributed by atoms with van der Waals surface area (Å²) in [6.45, 7) is 5.07. The lowest BCUT2D eigenvalue weighted by Crippen LogP contribution is -2.55. The van der Waals surface area contributed by atoms with Gasteiger partial charge in [0, 0.05) is 52.9 Å². The highest BCUT2D eigenvalue weighted by Gasteiger charge is 2.31. The summed E-state index contributed by atoms with van der Waals surface area (Å²) in [6.07, 6.45) is 4.85. The second kappa shape index (κ2) is 13.7. The van der Waals surface area contributed by atoms with E-state index >= 15 is 0 Å². The number of piperidine rings is 1. The summed E-state index contributed by atoms with van der Waals surface area (Å²) < 4.78 is 11.0. The first-order chi connectivity index (χ1) is 16.3.